The molecule has 3 amide bonds. The molecule has 0 spiro atoms. The Labute approximate surface area is 217 Å². The summed E-state index contributed by atoms with van der Waals surface area (Å²) in [5, 5.41) is 15.8. The standard InChI is InChI=1S/C28H47N3O5/c1-10-12-19(4)29-25(33)24(22-13-11-14-23(32)17-22)31(20(5)16-15-18(2)3)26(34)21(6)30-27(35)36-28(7,8)9/h11,13-14,17-21,24,32H,10,12,15-16H2,1-9H3,(H,29,33)(H,30,35). The van der Waals surface area contributed by atoms with Gasteiger partial charge in [-0.05, 0) is 84.4 Å². The molecule has 0 bridgehead atoms. The van der Waals surface area contributed by atoms with E-state index in [4.69, 9.17) is 4.74 Å². The first-order chi connectivity index (χ1) is 16.7. The molecule has 1 aromatic carbocycles. The zero-order valence-corrected chi connectivity index (χ0v) is 23.6. The van der Waals surface area contributed by atoms with Crippen LogP contribution < -0.4 is 10.6 Å². The number of alkyl carbamates (subject to hydrolysis) is 1. The molecule has 1 rings (SSSR count). The molecule has 0 aliphatic rings. The van der Waals surface area contributed by atoms with E-state index in [0.717, 1.165) is 19.3 Å². The Balaban J connectivity index is 3.45. The number of rotatable bonds is 12. The Morgan fingerprint density at radius 1 is 1.00 bits per heavy atom. The van der Waals surface area contributed by atoms with E-state index in [1.54, 1.807) is 44.7 Å². The van der Waals surface area contributed by atoms with Crippen LogP contribution in [0.2, 0.25) is 0 Å². The van der Waals surface area contributed by atoms with Crippen molar-refractivity contribution in [2.24, 2.45) is 5.92 Å². The summed E-state index contributed by atoms with van der Waals surface area (Å²) in [5.41, 5.74) is -0.207. The second-order valence-electron chi connectivity index (χ2n) is 11.1. The summed E-state index contributed by atoms with van der Waals surface area (Å²) in [7, 11) is 0. The third kappa shape index (κ3) is 10.5. The third-order valence-electron chi connectivity index (χ3n) is 5.82. The largest absolute Gasteiger partial charge is 0.508 e. The average molecular weight is 506 g/mol. The number of ether oxygens (including phenoxy) is 1. The molecular formula is C28H47N3O5. The van der Waals surface area contributed by atoms with Crippen LogP contribution in [0.3, 0.4) is 0 Å². The smallest absolute Gasteiger partial charge is 0.408 e. The highest BCUT2D eigenvalue weighted by Gasteiger charge is 2.38. The Hall–Kier alpha value is -2.77. The predicted molar refractivity (Wildman–Crippen MR) is 143 cm³/mol. The van der Waals surface area contributed by atoms with Gasteiger partial charge in [-0.3, -0.25) is 9.59 Å². The quantitative estimate of drug-likeness (QED) is 0.357. The van der Waals surface area contributed by atoms with E-state index >= 15 is 0 Å². The van der Waals surface area contributed by atoms with E-state index in [0.29, 0.717) is 17.9 Å². The summed E-state index contributed by atoms with van der Waals surface area (Å²) < 4.78 is 5.33. The Morgan fingerprint density at radius 2 is 1.64 bits per heavy atom. The van der Waals surface area contributed by atoms with E-state index in [-0.39, 0.29) is 23.7 Å². The number of benzene rings is 1. The molecule has 0 aliphatic heterocycles. The summed E-state index contributed by atoms with van der Waals surface area (Å²) in [4.78, 5) is 41.5. The lowest BCUT2D eigenvalue weighted by Crippen LogP contribution is -2.55. The lowest BCUT2D eigenvalue weighted by molar-refractivity contribution is -0.145. The van der Waals surface area contributed by atoms with Gasteiger partial charge in [-0.15, -0.1) is 0 Å². The molecule has 3 N–H and O–H groups in total. The minimum atomic E-state index is -0.978. The maximum Gasteiger partial charge on any atom is 0.408 e. The van der Waals surface area contributed by atoms with Gasteiger partial charge < -0.3 is 25.4 Å². The van der Waals surface area contributed by atoms with Crippen molar-refractivity contribution in [2.75, 3.05) is 0 Å². The van der Waals surface area contributed by atoms with Gasteiger partial charge in [-0.1, -0.05) is 39.3 Å². The summed E-state index contributed by atoms with van der Waals surface area (Å²) in [6.07, 6.45) is 2.54. The van der Waals surface area contributed by atoms with Crippen LogP contribution in [-0.4, -0.2) is 51.6 Å². The third-order valence-corrected chi connectivity index (χ3v) is 5.82. The van der Waals surface area contributed by atoms with Crippen molar-refractivity contribution in [1.82, 2.24) is 15.5 Å². The van der Waals surface area contributed by atoms with Crippen LogP contribution in [0, 0.1) is 5.92 Å². The second-order valence-corrected chi connectivity index (χ2v) is 11.1. The summed E-state index contributed by atoms with van der Waals surface area (Å²) in [6, 6.07) is 4.14. The highest BCUT2D eigenvalue weighted by Crippen LogP contribution is 2.29. The maximum atomic E-state index is 13.9. The van der Waals surface area contributed by atoms with Crippen molar-refractivity contribution in [2.45, 2.75) is 118 Å². The van der Waals surface area contributed by atoms with Crippen molar-refractivity contribution < 1.29 is 24.2 Å². The monoisotopic (exact) mass is 505 g/mol. The van der Waals surface area contributed by atoms with Crippen molar-refractivity contribution in [3.05, 3.63) is 29.8 Å². The fraction of sp³-hybridized carbons (Fsp3) is 0.679. The molecule has 1 aromatic rings. The molecule has 0 aromatic heterocycles. The lowest BCUT2D eigenvalue weighted by atomic mass is 9.97. The van der Waals surface area contributed by atoms with Crippen molar-refractivity contribution >= 4 is 17.9 Å². The number of nitrogens with one attached hydrogen (secondary N) is 2. The first-order valence-corrected chi connectivity index (χ1v) is 13.1. The van der Waals surface area contributed by atoms with Crippen molar-refractivity contribution in [3.8, 4) is 5.75 Å². The van der Waals surface area contributed by atoms with E-state index in [9.17, 15) is 19.5 Å². The van der Waals surface area contributed by atoms with Crippen LogP contribution in [-0.2, 0) is 14.3 Å². The predicted octanol–water partition coefficient (Wildman–Crippen LogP) is 5.30. The highest BCUT2D eigenvalue weighted by atomic mass is 16.6. The number of amides is 3. The number of phenols is 1. The Morgan fingerprint density at radius 3 is 2.17 bits per heavy atom. The number of aromatic hydroxyl groups is 1. The molecule has 204 valence electrons. The molecule has 8 heteroatoms. The molecule has 0 fully saturated rings. The number of hydrogen-bond donors (Lipinski definition) is 3. The first-order valence-electron chi connectivity index (χ1n) is 13.1. The van der Waals surface area contributed by atoms with Crippen LogP contribution in [0.5, 0.6) is 5.75 Å². The van der Waals surface area contributed by atoms with E-state index in [1.807, 2.05) is 20.8 Å². The van der Waals surface area contributed by atoms with E-state index in [1.165, 1.54) is 12.1 Å². The molecule has 8 nitrogen and oxygen atoms in total. The summed E-state index contributed by atoms with van der Waals surface area (Å²) in [6.45, 7) is 16.9. The minimum Gasteiger partial charge on any atom is -0.508 e. The van der Waals surface area contributed by atoms with Crippen LogP contribution >= 0.6 is 0 Å². The molecular weight excluding hydrogens is 458 g/mol. The zero-order chi connectivity index (χ0) is 27.6. The van der Waals surface area contributed by atoms with Crippen LogP contribution in [0.25, 0.3) is 0 Å². The van der Waals surface area contributed by atoms with Gasteiger partial charge >= 0.3 is 6.09 Å². The lowest BCUT2D eigenvalue weighted by Gasteiger charge is -2.38. The zero-order valence-electron chi connectivity index (χ0n) is 23.6. The molecule has 36 heavy (non-hydrogen) atoms. The number of hydrogen-bond acceptors (Lipinski definition) is 5. The van der Waals surface area contributed by atoms with Gasteiger partial charge in [0.1, 0.15) is 23.4 Å². The fourth-order valence-corrected chi connectivity index (χ4v) is 4.04. The van der Waals surface area contributed by atoms with Gasteiger partial charge in [0, 0.05) is 12.1 Å². The summed E-state index contributed by atoms with van der Waals surface area (Å²) >= 11 is 0. The number of nitrogens with zero attached hydrogens (tertiary/aromatic N) is 1. The van der Waals surface area contributed by atoms with E-state index < -0.39 is 29.7 Å². The van der Waals surface area contributed by atoms with Gasteiger partial charge in [0.2, 0.25) is 11.8 Å². The second kappa shape index (κ2) is 14.1. The van der Waals surface area contributed by atoms with Gasteiger partial charge in [0.05, 0.1) is 0 Å². The maximum absolute atomic E-state index is 13.9. The molecule has 0 saturated carbocycles. The molecule has 0 aliphatic carbocycles. The van der Waals surface area contributed by atoms with Gasteiger partial charge in [-0.2, -0.15) is 0 Å². The summed E-state index contributed by atoms with van der Waals surface area (Å²) in [5.74, 6) is -0.298. The molecule has 0 radical (unpaired) electrons. The average Bonchev–Trinajstić information content (AvgIpc) is 2.73. The normalized spacial score (nSPS) is 14.9. The number of carbonyl (C=O) groups is 3. The number of carbonyl (C=O) groups excluding carboxylic acids is 3. The van der Waals surface area contributed by atoms with Gasteiger partial charge in [0.25, 0.3) is 0 Å². The molecule has 0 heterocycles. The number of phenolic OH excluding ortho intramolecular Hbond substituents is 1. The van der Waals surface area contributed by atoms with Crippen molar-refractivity contribution in [1.29, 1.82) is 0 Å². The Kier molecular flexibility index (Phi) is 12.2. The topological polar surface area (TPSA) is 108 Å². The fourth-order valence-electron chi connectivity index (χ4n) is 4.04. The van der Waals surface area contributed by atoms with E-state index in [2.05, 4.69) is 24.5 Å². The molecule has 4 atom stereocenters. The highest BCUT2D eigenvalue weighted by molar-refractivity contribution is 5.92. The van der Waals surface area contributed by atoms with Crippen LogP contribution in [0.1, 0.15) is 99.6 Å². The van der Waals surface area contributed by atoms with Gasteiger partial charge in [0.15, 0.2) is 0 Å². The SMILES string of the molecule is CCCC(C)NC(=O)C(c1cccc(O)c1)N(C(=O)C(C)NC(=O)OC(C)(C)C)C(C)CCC(C)C. The first kappa shape index (κ1) is 31.3. The van der Waals surface area contributed by atoms with Crippen LogP contribution in [0.15, 0.2) is 24.3 Å². The molecule has 0 saturated heterocycles. The molecule has 4 unspecified atom stereocenters. The minimum absolute atomic E-state index is 0.00840. The van der Waals surface area contributed by atoms with Crippen LogP contribution in [0.4, 0.5) is 4.79 Å². The Bertz CT molecular complexity index is 865. The van der Waals surface area contributed by atoms with Crippen molar-refractivity contribution in [3.63, 3.8) is 0 Å². The van der Waals surface area contributed by atoms with Gasteiger partial charge in [-0.25, -0.2) is 4.79 Å².